The average molecular weight is 271 g/mol. The van der Waals surface area contributed by atoms with Gasteiger partial charge in [0.05, 0.1) is 0 Å². The van der Waals surface area contributed by atoms with Crippen LogP contribution in [0.5, 0.6) is 0 Å². The molecule has 0 bridgehead atoms. The van der Waals surface area contributed by atoms with Gasteiger partial charge in [0.25, 0.3) is 0 Å². The predicted molar refractivity (Wildman–Crippen MR) is 73.1 cm³/mol. The van der Waals surface area contributed by atoms with Crippen LogP contribution in [0.2, 0.25) is 0 Å². The van der Waals surface area contributed by atoms with Crippen LogP contribution in [0.3, 0.4) is 0 Å². The number of likely N-dealkylation sites (tertiary alicyclic amines) is 1. The average Bonchev–Trinajstić information content (AvgIpc) is 2.38. The highest BCUT2D eigenvalue weighted by Crippen LogP contribution is 2.22. The van der Waals surface area contributed by atoms with Crippen LogP contribution >= 0.6 is 0 Å². The Morgan fingerprint density at radius 2 is 2.16 bits per heavy atom. The molecule has 1 fully saturated rings. The Balaban J connectivity index is 2.47. The Labute approximate surface area is 114 Å². The molecule has 1 aliphatic rings. The van der Waals surface area contributed by atoms with E-state index in [1.807, 2.05) is 20.9 Å². The Morgan fingerprint density at radius 1 is 1.47 bits per heavy atom. The molecule has 2 N–H and O–H groups in total. The molecule has 2 atom stereocenters. The van der Waals surface area contributed by atoms with Gasteiger partial charge in [-0.05, 0) is 32.4 Å². The smallest absolute Gasteiger partial charge is 0.326 e. The lowest BCUT2D eigenvalue weighted by Gasteiger charge is -2.36. The third-order valence-corrected chi connectivity index (χ3v) is 3.72. The fraction of sp³-hybridized carbons (Fsp3) is 0.846. The van der Waals surface area contributed by atoms with E-state index in [4.69, 9.17) is 0 Å². The summed E-state index contributed by atoms with van der Waals surface area (Å²) in [5.41, 5.74) is 0. The van der Waals surface area contributed by atoms with Crippen LogP contribution in [0.25, 0.3) is 0 Å². The Hall–Kier alpha value is -1.30. The highest BCUT2D eigenvalue weighted by molar-refractivity contribution is 5.82. The van der Waals surface area contributed by atoms with Crippen molar-refractivity contribution in [3.8, 4) is 0 Å². The number of rotatable bonds is 5. The van der Waals surface area contributed by atoms with Gasteiger partial charge in [-0.15, -0.1) is 0 Å². The van der Waals surface area contributed by atoms with Gasteiger partial charge in [0.2, 0.25) is 0 Å². The molecule has 19 heavy (non-hydrogen) atoms. The van der Waals surface area contributed by atoms with Gasteiger partial charge in [0.15, 0.2) is 0 Å². The molecule has 6 nitrogen and oxygen atoms in total. The van der Waals surface area contributed by atoms with Gasteiger partial charge in [0.1, 0.15) is 6.04 Å². The van der Waals surface area contributed by atoms with Crippen LogP contribution in [-0.2, 0) is 4.79 Å². The third kappa shape index (κ3) is 4.70. The molecule has 1 rings (SSSR count). The first kappa shape index (κ1) is 15.8. The second-order valence-corrected chi connectivity index (χ2v) is 5.30. The number of amides is 2. The molecule has 0 aliphatic carbocycles. The fourth-order valence-corrected chi connectivity index (χ4v) is 2.23. The van der Waals surface area contributed by atoms with E-state index in [0.29, 0.717) is 25.4 Å². The van der Waals surface area contributed by atoms with Gasteiger partial charge < -0.3 is 20.2 Å². The maximum atomic E-state index is 12.0. The maximum absolute atomic E-state index is 12.0. The molecule has 0 aromatic rings. The summed E-state index contributed by atoms with van der Waals surface area (Å²) in [4.78, 5) is 26.8. The van der Waals surface area contributed by atoms with Crippen molar-refractivity contribution in [1.82, 2.24) is 15.1 Å². The number of nitrogens with one attached hydrogen (secondary N) is 1. The SMILES string of the molecule is CCN(C)CCNC(=O)N1CCC(C)CC1C(=O)O. The molecule has 0 saturated carbocycles. The van der Waals surface area contributed by atoms with Crippen LogP contribution < -0.4 is 5.32 Å². The van der Waals surface area contributed by atoms with Crippen molar-refractivity contribution in [1.29, 1.82) is 0 Å². The van der Waals surface area contributed by atoms with Gasteiger partial charge in [0, 0.05) is 19.6 Å². The summed E-state index contributed by atoms with van der Waals surface area (Å²) in [5.74, 6) is -0.552. The van der Waals surface area contributed by atoms with Gasteiger partial charge in [-0.3, -0.25) is 0 Å². The van der Waals surface area contributed by atoms with E-state index < -0.39 is 12.0 Å². The number of carbonyl (C=O) groups is 2. The molecule has 1 heterocycles. The Kier molecular flexibility index (Phi) is 6.08. The van der Waals surface area contributed by atoms with Gasteiger partial charge >= 0.3 is 12.0 Å². The summed E-state index contributed by atoms with van der Waals surface area (Å²) in [5, 5.41) is 12.0. The maximum Gasteiger partial charge on any atom is 0.326 e. The first-order valence-corrected chi connectivity index (χ1v) is 6.91. The molecule has 110 valence electrons. The van der Waals surface area contributed by atoms with Crippen LogP contribution in [0.4, 0.5) is 4.79 Å². The van der Waals surface area contributed by atoms with Crippen molar-refractivity contribution in [3.05, 3.63) is 0 Å². The summed E-state index contributed by atoms with van der Waals surface area (Å²) < 4.78 is 0. The zero-order valence-corrected chi connectivity index (χ0v) is 12.1. The zero-order chi connectivity index (χ0) is 14.4. The summed E-state index contributed by atoms with van der Waals surface area (Å²) in [6, 6.07) is -0.948. The van der Waals surface area contributed by atoms with Gasteiger partial charge in [-0.25, -0.2) is 9.59 Å². The quantitative estimate of drug-likeness (QED) is 0.777. The first-order chi connectivity index (χ1) is 8.95. The lowest BCUT2D eigenvalue weighted by molar-refractivity contribution is -0.143. The molecular weight excluding hydrogens is 246 g/mol. The number of carboxylic acid groups (broad SMARTS) is 1. The summed E-state index contributed by atoms with van der Waals surface area (Å²) in [6.45, 7) is 6.84. The number of aliphatic carboxylic acids is 1. The minimum absolute atomic E-state index is 0.260. The lowest BCUT2D eigenvalue weighted by atomic mass is 9.93. The van der Waals surface area contributed by atoms with Crippen molar-refractivity contribution in [3.63, 3.8) is 0 Å². The van der Waals surface area contributed by atoms with Crippen LogP contribution in [0, 0.1) is 5.92 Å². The molecule has 1 saturated heterocycles. The summed E-state index contributed by atoms with van der Waals surface area (Å²) >= 11 is 0. The van der Waals surface area contributed by atoms with Gasteiger partial charge in [-0.1, -0.05) is 13.8 Å². The van der Waals surface area contributed by atoms with Crippen LogP contribution in [0.15, 0.2) is 0 Å². The van der Waals surface area contributed by atoms with Crippen molar-refractivity contribution in [2.75, 3.05) is 33.2 Å². The second-order valence-electron chi connectivity index (χ2n) is 5.30. The Bertz CT molecular complexity index is 322. The topological polar surface area (TPSA) is 72.9 Å². The third-order valence-electron chi connectivity index (χ3n) is 3.72. The largest absolute Gasteiger partial charge is 0.480 e. The van der Waals surface area contributed by atoms with E-state index in [2.05, 4.69) is 10.2 Å². The number of piperidine rings is 1. The second kappa shape index (κ2) is 7.33. The molecule has 2 amide bonds. The number of nitrogens with zero attached hydrogens (tertiary/aromatic N) is 2. The standard InChI is InChI=1S/C13H25N3O3/c1-4-15(3)8-6-14-13(19)16-7-5-10(2)9-11(16)12(17)18/h10-11H,4-9H2,1-3H3,(H,14,19)(H,17,18). The number of likely N-dealkylation sites (N-methyl/N-ethyl adjacent to an activating group) is 1. The highest BCUT2D eigenvalue weighted by atomic mass is 16.4. The number of hydrogen-bond donors (Lipinski definition) is 2. The number of hydrogen-bond acceptors (Lipinski definition) is 3. The van der Waals surface area contributed by atoms with Crippen LogP contribution in [-0.4, -0.2) is 66.2 Å². The molecule has 6 heteroatoms. The van der Waals surface area contributed by atoms with Crippen molar-refractivity contribution in [2.45, 2.75) is 32.7 Å². The first-order valence-electron chi connectivity index (χ1n) is 6.91. The van der Waals surface area contributed by atoms with E-state index in [1.165, 1.54) is 4.90 Å². The zero-order valence-electron chi connectivity index (χ0n) is 12.1. The molecule has 0 radical (unpaired) electrons. The van der Waals surface area contributed by atoms with E-state index in [1.54, 1.807) is 0 Å². The minimum Gasteiger partial charge on any atom is -0.480 e. The number of urea groups is 1. The number of carbonyl (C=O) groups excluding carboxylic acids is 1. The highest BCUT2D eigenvalue weighted by Gasteiger charge is 2.34. The van der Waals surface area contributed by atoms with E-state index in [-0.39, 0.29) is 6.03 Å². The summed E-state index contributed by atoms with van der Waals surface area (Å²) in [7, 11) is 1.98. The monoisotopic (exact) mass is 271 g/mol. The predicted octanol–water partition coefficient (Wildman–Crippen LogP) is 0.833. The number of carboxylic acids is 1. The molecule has 0 aromatic carbocycles. The molecule has 0 spiro atoms. The van der Waals surface area contributed by atoms with Crippen molar-refractivity contribution >= 4 is 12.0 Å². The van der Waals surface area contributed by atoms with E-state index >= 15 is 0 Å². The normalized spacial score (nSPS) is 23.5. The fourth-order valence-electron chi connectivity index (χ4n) is 2.23. The van der Waals surface area contributed by atoms with Crippen LogP contribution in [0.1, 0.15) is 26.7 Å². The summed E-state index contributed by atoms with van der Waals surface area (Å²) in [6.07, 6.45) is 1.41. The Morgan fingerprint density at radius 3 is 2.74 bits per heavy atom. The van der Waals surface area contributed by atoms with Crippen molar-refractivity contribution < 1.29 is 14.7 Å². The van der Waals surface area contributed by atoms with Gasteiger partial charge in [-0.2, -0.15) is 0 Å². The van der Waals surface area contributed by atoms with E-state index in [0.717, 1.165) is 19.5 Å². The molecule has 0 aromatic heterocycles. The minimum atomic E-state index is -0.910. The molecular formula is C13H25N3O3. The van der Waals surface area contributed by atoms with Crippen molar-refractivity contribution in [2.24, 2.45) is 5.92 Å². The van der Waals surface area contributed by atoms with E-state index in [9.17, 15) is 14.7 Å². The molecule has 1 aliphatic heterocycles. The molecule has 2 unspecified atom stereocenters. The lowest BCUT2D eigenvalue weighted by Crippen LogP contribution is -2.53.